The summed E-state index contributed by atoms with van der Waals surface area (Å²) in [6.07, 6.45) is 4.53. The minimum Gasteiger partial charge on any atom is -0.348 e. The van der Waals surface area contributed by atoms with Crippen LogP contribution in [-0.2, 0) is 9.59 Å². The number of hydrogen-bond acceptors (Lipinski definition) is 2. The molecule has 1 saturated carbocycles. The lowest BCUT2D eigenvalue weighted by molar-refractivity contribution is -0.134. The second-order valence-corrected chi connectivity index (χ2v) is 6.38. The quantitative estimate of drug-likeness (QED) is 0.898. The molecule has 0 bridgehead atoms. The molecule has 22 heavy (non-hydrogen) atoms. The molecule has 0 heterocycles. The third-order valence-corrected chi connectivity index (χ3v) is 4.56. The fourth-order valence-corrected chi connectivity index (χ4v) is 3.39. The van der Waals surface area contributed by atoms with Crippen molar-refractivity contribution in [1.29, 1.82) is 0 Å². The maximum atomic E-state index is 12.8. The number of hydrogen-bond donors (Lipinski definition) is 2. The minimum atomic E-state index is -0.735. The zero-order chi connectivity index (χ0) is 16.2. The molecule has 1 atom stereocenters. The summed E-state index contributed by atoms with van der Waals surface area (Å²) in [6, 6.07) is 7.98. The lowest BCUT2D eigenvalue weighted by Gasteiger charge is -2.37. The third kappa shape index (κ3) is 3.67. The van der Waals surface area contributed by atoms with Gasteiger partial charge in [0.1, 0.15) is 5.54 Å². The van der Waals surface area contributed by atoms with Crippen molar-refractivity contribution in [3.05, 3.63) is 35.4 Å². The van der Waals surface area contributed by atoms with Crippen LogP contribution in [0, 0.1) is 6.92 Å². The lowest BCUT2D eigenvalue weighted by Crippen LogP contribution is -2.59. The fraction of sp³-hybridized carbons (Fsp3) is 0.556. The van der Waals surface area contributed by atoms with Crippen LogP contribution in [0.25, 0.3) is 0 Å². The van der Waals surface area contributed by atoms with Crippen molar-refractivity contribution in [3.8, 4) is 0 Å². The van der Waals surface area contributed by atoms with E-state index in [9.17, 15) is 9.59 Å². The van der Waals surface area contributed by atoms with E-state index in [1.165, 1.54) is 6.92 Å². The SMILES string of the molecule is CC(=O)NC1(C(=O)N[C@@H](C)c2ccccc2C)CCCCC1. The highest BCUT2D eigenvalue weighted by Crippen LogP contribution is 2.29. The summed E-state index contributed by atoms with van der Waals surface area (Å²) in [5.74, 6) is -0.196. The zero-order valence-corrected chi connectivity index (χ0v) is 13.7. The van der Waals surface area contributed by atoms with Gasteiger partial charge in [0, 0.05) is 6.92 Å². The number of amides is 2. The van der Waals surface area contributed by atoms with E-state index < -0.39 is 5.54 Å². The Morgan fingerprint density at radius 1 is 1.14 bits per heavy atom. The van der Waals surface area contributed by atoms with Crippen LogP contribution < -0.4 is 10.6 Å². The molecule has 0 saturated heterocycles. The van der Waals surface area contributed by atoms with Gasteiger partial charge in [0.2, 0.25) is 11.8 Å². The molecular formula is C18H26N2O2. The second kappa shape index (κ2) is 6.95. The number of aryl methyl sites for hydroxylation is 1. The van der Waals surface area contributed by atoms with E-state index in [1.807, 2.05) is 38.1 Å². The predicted molar refractivity (Wildman–Crippen MR) is 87.4 cm³/mol. The van der Waals surface area contributed by atoms with Crippen LogP contribution >= 0.6 is 0 Å². The zero-order valence-electron chi connectivity index (χ0n) is 13.7. The summed E-state index contributed by atoms with van der Waals surface area (Å²) in [7, 11) is 0. The first-order valence-electron chi connectivity index (χ1n) is 8.10. The molecule has 1 aliphatic rings. The predicted octanol–water partition coefficient (Wildman–Crippen LogP) is 3.01. The number of nitrogens with one attached hydrogen (secondary N) is 2. The van der Waals surface area contributed by atoms with Crippen LogP contribution in [0.4, 0.5) is 0 Å². The Bertz CT molecular complexity index is 548. The number of carbonyl (C=O) groups excluding carboxylic acids is 2. The molecule has 0 aliphatic heterocycles. The van der Waals surface area contributed by atoms with Crippen molar-refractivity contribution in [2.75, 3.05) is 0 Å². The molecule has 2 N–H and O–H groups in total. The highest BCUT2D eigenvalue weighted by atomic mass is 16.2. The maximum absolute atomic E-state index is 12.8. The minimum absolute atomic E-state index is 0.0573. The number of carbonyl (C=O) groups is 2. The van der Waals surface area contributed by atoms with Crippen molar-refractivity contribution in [2.24, 2.45) is 0 Å². The summed E-state index contributed by atoms with van der Waals surface area (Å²) in [6.45, 7) is 5.52. The molecule has 4 heteroatoms. The van der Waals surface area contributed by atoms with Gasteiger partial charge >= 0.3 is 0 Å². The molecule has 1 aromatic carbocycles. The van der Waals surface area contributed by atoms with Gasteiger partial charge in [-0.25, -0.2) is 0 Å². The summed E-state index contributed by atoms with van der Waals surface area (Å²) in [4.78, 5) is 24.4. The van der Waals surface area contributed by atoms with Crippen LogP contribution in [0.15, 0.2) is 24.3 Å². The Morgan fingerprint density at radius 2 is 1.77 bits per heavy atom. The maximum Gasteiger partial charge on any atom is 0.246 e. The van der Waals surface area contributed by atoms with Gasteiger partial charge < -0.3 is 10.6 Å². The summed E-state index contributed by atoms with van der Waals surface area (Å²) < 4.78 is 0. The Morgan fingerprint density at radius 3 is 2.36 bits per heavy atom. The van der Waals surface area contributed by atoms with Crippen LogP contribution in [0.5, 0.6) is 0 Å². The van der Waals surface area contributed by atoms with Gasteiger partial charge in [0.15, 0.2) is 0 Å². The summed E-state index contributed by atoms with van der Waals surface area (Å²) in [5.41, 5.74) is 1.54. The molecule has 2 rings (SSSR count). The molecule has 0 aromatic heterocycles. The summed E-state index contributed by atoms with van der Waals surface area (Å²) >= 11 is 0. The normalized spacial score (nSPS) is 18.3. The molecule has 1 aromatic rings. The Hall–Kier alpha value is -1.84. The van der Waals surface area contributed by atoms with Gasteiger partial charge in [-0.15, -0.1) is 0 Å². The van der Waals surface area contributed by atoms with Crippen molar-refractivity contribution in [3.63, 3.8) is 0 Å². The van der Waals surface area contributed by atoms with E-state index in [1.54, 1.807) is 0 Å². The Balaban J connectivity index is 2.14. The standard InChI is InChI=1S/C18H26N2O2/c1-13-9-5-6-10-16(13)14(2)19-17(22)18(20-15(3)21)11-7-4-8-12-18/h5-6,9-10,14H,4,7-8,11-12H2,1-3H3,(H,19,22)(H,20,21)/t14-/m0/s1. The first-order chi connectivity index (χ1) is 10.4. The molecule has 1 fully saturated rings. The monoisotopic (exact) mass is 302 g/mol. The van der Waals surface area contributed by atoms with E-state index in [-0.39, 0.29) is 17.9 Å². The summed E-state index contributed by atoms with van der Waals surface area (Å²) in [5, 5.41) is 6.01. The molecule has 0 radical (unpaired) electrons. The van der Waals surface area contributed by atoms with Crippen LogP contribution in [-0.4, -0.2) is 17.4 Å². The van der Waals surface area contributed by atoms with Crippen molar-refractivity contribution in [2.45, 2.75) is 64.5 Å². The van der Waals surface area contributed by atoms with Gasteiger partial charge in [-0.1, -0.05) is 43.5 Å². The molecule has 1 aliphatic carbocycles. The molecule has 2 amide bonds. The van der Waals surface area contributed by atoms with Gasteiger partial charge in [-0.2, -0.15) is 0 Å². The fourth-order valence-electron chi connectivity index (χ4n) is 3.39. The van der Waals surface area contributed by atoms with Gasteiger partial charge in [-0.3, -0.25) is 9.59 Å². The second-order valence-electron chi connectivity index (χ2n) is 6.38. The van der Waals surface area contributed by atoms with Crippen LogP contribution in [0.3, 0.4) is 0 Å². The molecule has 120 valence electrons. The lowest BCUT2D eigenvalue weighted by atomic mass is 9.80. The topological polar surface area (TPSA) is 58.2 Å². The van der Waals surface area contributed by atoms with E-state index in [4.69, 9.17) is 0 Å². The van der Waals surface area contributed by atoms with Gasteiger partial charge in [0.05, 0.1) is 6.04 Å². The van der Waals surface area contributed by atoms with Crippen molar-refractivity contribution < 1.29 is 9.59 Å². The van der Waals surface area contributed by atoms with E-state index >= 15 is 0 Å². The highest BCUT2D eigenvalue weighted by molar-refractivity contribution is 5.91. The largest absolute Gasteiger partial charge is 0.348 e. The van der Waals surface area contributed by atoms with Crippen molar-refractivity contribution >= 4 is 11.8 Å². The highest BCUT2D eigenvalue weighted by Gasteiger charge is 2.40. The first kappa shape index (κ1) is 16.5. The van der Waals surface area contributed by atoms with E-state index in [0.717, 1.165) is 43.2 Å². The molecule has 4 nitrogen and oxygen atoms in total. The van der Waals surface area contributed by atoms with Gasteiger partial charge in [-0.05, 0) is 37.8 Å². The van der Waals surface area contributed by atoms with E-state index in [2.05, 4.69) is 10.6 Å². The van der Waals surface area contributed by atoms with E-state index in [0.29, 0.717) is 0 Å². The van der Waals surface area contributed by atoms with Crippen LogP contribution in [0.1, 0.15) is 63.1 Å². The molecule has 0 unspecified atom stereocenters. The number of benzene rings is 1. The molecule has 0 spiro atoms. The average molecular weight is 302 g/mol. The van der Waals surface area contributed by atoms with Crippen LogP contribution in [0.2, 0.25) is 0 Å². The van der Waals surface area contributed by atoms with Crippen molar-refractivity contribution in [1.82, 2.24) is 10.6 Å². The van der Waals surface area contributed by atoms with Gasteiger partial charge in [0.25, 0.3) is 0 Å². The number of rotatable bonds is 4. The third-order valence-electron chi connectivity index (χ3n) is 4.56. The Labute approximate surface area is 132 Å². The molecular weight excluding hydrogens is 276 g/mol. The smallest absolute Gasteiger partial charge is 0.246 e. The Kier molecular flexibility index (Phi) is 5.22. The first-order valence-corrected chi connectivity index (χ1v) is 8.10. The average Bonchev–Trinajstić information content (AvgIpc) is 2.47.